The predicted molar refractivity (Wildman–Crippen MR) is 122 cm³/mol. The summed E-state index contributed by atoms with van der Waals surface area (Å²) in [4.78, 5) is 22.4. The summed E-state index contributed by atoms with van der Waals surface area (Å²) in [6.07, 6.45) is 0. The van der Waals surface area contributed by atoms with Crippen molar-refractivity contribution in [3.8, 4) is 11.5 Å². The number of aromatic nitrogens is 3. The summed E-state index contributed by atoms with van der Waals surface area (Å²) in [5, 5.41) is 62.3. The summed E-state index contributed by atoms with van der Waals surface area (Å²) < 4.78 is 33.6. The monoisotopic (exact) mass is 591 g/mol. The van der Waals surface area contributed by atoms with Crippen LogP contribution in [0.15, 0.2) is 67.8 Å². The number of azo groups is 2. The third kappa shape index (κ3) is 5.60. The zero-order chi connectivity index (χ0) is 26.9. The Hall–Kier alpha value is -4.84. The minimum atomic E-state index is -4.94. The van der Waals surface area contributed by atoms with Gasteiger partial charge < -0.3 is 15.3 Å². The summed E-state index contributed by atoms with van der Waals surface area (Å²) in [6, 6.07) is 8.03. The first-order valence-corrected chi connectivity index (χ1v) is 11.1. The predicted octanol–water partition coefficient (Wildman–Crippen LogP) is 4.05. The zero-order valence-corrected chi connectivity index (χ0v) is 20.0. The molecular weight excluding hydrogens is 580 g/mol. The van der Waals surface area contributed by atoms with Crippen LogP contribution in [0.25, 0.3) is 10.8 Å². The molecule has 38 heavy (non-hydrogen) atoms. The molecule has 0 saturated carbocycles. The van der Waals surface area contributed by atoms with E-state index in [4.69, 9.17) is 5.11 Å². The number of hydrogen-bond donors (Lipinski definition) is 5. The maximum absolute atomic E-state index is 12.0. The van der Waals surface area contributed by atoms with Gasteiger partial charge in [-0.2, -0.15) is 13.5 Å². The molecule has 5 N–H and O–H groups in total. The summed E-state index contributed by atoms with van der Waals surface area (Å²) in [7, 11) is -4.94. The van der Waals surface area contributed by atoms with Crippen LogP contribution in [-0.2, 0) is 27.2 Å². The Balaban J connectivity index is 0.00000400. The number of aromatic hydroxyl groups is 2. The van der Waals surface area contributed by atoms with E-state index in [1.54, 1.807) is 0 Å². The zero-order valence-electron chi connectivity index (χ0n) is 18.2. The number of nitrogens with zero attached hydrogens (tertiary/aromatic N) is 7. The Kier molecular flexibility index (Phi) is 7.77. The first-order valence-electron chi connectivity index (χ1n) is 9.68. The number of nitro benzene ring substituents is 1. The summed E-state index contributed by atoms with van der Waals surface area (Å²) in [6.45, 7) is 0. The van der Waals surface area contributed by atoms with E-state index in [2.05, 4.69) is 35.6 Å². The molecule has 4 rings (SSSR count). The van der Waals surface area contributed by atoms with Gasteiger partial charge in [0.1, 0.15) is 16.3 Å². The van der Waals surface area contributed by atoms with E-state index >= 15 is 0 Å². The number of fused-ring (bicyclic) bond motifs is 1. The number of carboxylic acids is 1. The second-order valence-corrected chi connectivity index (χ2v) is 8.44. The van der Waals surface area contributed by atoms with Crippen LogP contribution in [-0.4, -0.2) is 54.4 Å². The van der Waals surface area contributed by atoms with Gasteiger partial charge in [0.25, 0.3) is 21.8 Å². The van der Waals surface area contributed by atoms with E-state index in [0.717, 1.165) is 18.2 Å². The topological polar surface area (TPSA) is 266 Å². The molecular formula is C19H12CuN8O9S. The molecule has 0 aliphatic heterocycles. The standard InChI is InChI=1S/C19H12N8O9S.Cu/c28-15-11(22-25-19-20-17(18(30)31)24-26-19)6-1-8-7-12(37(34,35)36)14(16(29)13(8)15)23-21-9-2-4-10(5-3-9)27(32)33;/h1-7,28-29H,(H,30,31)(H,20,24,26)(H,34,35,36);. The SMILES string of the molecule is O=C(O)c1nnc(N=Nc2ccc3cc(S(=O)(=O)O)c(N=Nc4ccc([N+](=O)[O-])cc4)c(O)c3c2O)[nH]1.[Cu]. The van der Waals surface area contributed by atoms with Crippen LogP contribution in [0.3, 0.4) is 0 Å². The second kappa shape index (κ2) is 10.6. The Morgan fingerprint density at radius 1 is 0.974 bits per heavy atom. The van der Waals surface area contributed by atoms with E-state index in [9.17, 15) is 38.1 Å². The number of carbonyl (C=O) groups is 1. The summed E-state index contributed by atoms with van der Waals surface area (Å²) in [5.41, 5.74) is -1.17. The second-order valence-electron chi connectivity index (χ2n) is 7.05. The van der Waals surface area contributed by atoms with Crippen LogP contribution >= 0.6 is 0 Å². The van der Waals surface area contributed by atoms with Crippen LogP contribution < -0.4 is 0 Å². The van der Waals surface area contributed by atoms with E-state index in [0.29, 0.717) is 0 Å². The molecule has 19 heteroatoms. The van der Waals surface area contributed by atoms with Crippen LogP contribution in [0.1, 0.15) is 10.6 Å². The van der Waals surface area contributed by atoms with E-state index in [1.807, 2.05) is 0 Å². The van der Waals surface area contributed by atoms with Crippen molar-refractivity contribution >= 4 is 55.6 Å². The van der Waals surface area contributed by atoms with Gasteiger partial charge in [-0.3, -0.25) is 19.7 Å². The Bertz CT molecular complexity index is 1740. The van der Waals surface area contributed by atoms with Crippen molar-refractivity contribution in [2.75, 3.05) is 0 Å². The minimum absolute atomic E-state index is 0. The number of rotatable bonds is 7. The van der Waals surface area contributed by atoms with E-state index in [1.165, 1.54) is 24.3 Å². The van der Waals surface area contributed by atoms with Crippen LogP contribution in [0.5, 0.6) is 11.5 Å². The van der Waals surface area contributed by atoms with Crippen molar-refractivity contribution < 1.29 is 55.1 Å². The molecule has 1 aromatic heterocycles. The van der Waals surface area contributed by atoms with Gasteiger partial charge in [-0.05, 0) is 29.7 Å². The van der Waals surface area contributed by atoms with Crippen LogP contribution in [0.4, 0.5) is 28.7 Å². The number of nitrogens with one attached hydrogen (secondary N) is 1. The number of non-ortho nitro benzene ring substituents is 1. The molecule has 199 valence electrons. The molecule has 0 bridgehead atoms. The van der Waals surface area contributed by atoms with Crippen molar-refractivity contribution in [3.63, 3.8) is 0 Å². The fraction of sp³-hybridized carbons (Fsp3) is 0. The van der Waals surface area contributed by atoms with Crippen molar-refractivity contribution in [2.45, 2.75) is 4.90 Å². The van der Waals surface area contributed by atoms with E-state index < -0.39 is 48.9 Å². The quantitative estimate of drug-likeness (QED) is 0.0672. The number of aromatic amines is 1. The summed E-state index contributed by atoms with van der Waals surface area (Å²) >= 11 is 0. The molecule has 0 spiro atoms. The van der Waals surface area contributed by atoms with Crippen LogP contribution in [0, 0.1) is 10.1 Å². The van der Waals surface area contributed by atoms with Crippen molar-refractivity contribution in [3.05, 3.63) is 58.4 Å². The molecule has 0 unspecified atom stereocenters. The Morgan fingerprint density at radius 2 is 1.66 bits per heavy atom. The van der Waals surface area contributed by atoms with Gasteiger partial charge in [-0.1, -0.05) is 6.07 Å². The van der Waals surface area contributed by atoms with Gasteiger partial charge in [0.15, 0.2) is 11.5 Å². The van der Waals surface area contributed by atoms with Gasteiger partial charge in [-0.15, -0.1) is 25.5 Å². The first kappa shape index (κ1) is 27.7. The number of aromatic carboxylic acids is 1. The average Bonchev–Trinajstić information content (AvgIpc) is 3.32. The molecule has 0 fully saturated rings. The Labute approximate surface area is 221 Å². The van der Waals surface area contributed by atoms with Gasteiger partial charge in [0.05, 0.1) is 16.0 Å². The Morgan fingerprint density at radius 3 is 2.24 bits per heavy atom. The van der Waals surface area contributed by atoms with Crippen molar-refractivity contribution in [2.24, 2.45) is 20.5 Å². The molecule has 0 aliphatic rings. The molecule has 0 amide bonds. The number of hydrogen-bond acceptors (Lipinski definition) is 13. The number of phenolic OH excluding ortho intramolecular Hbond substituents is 2. The molecule has 0 aliphatic carbocycles. The smallest absolute Gasteiger partial charge is 0.373 e. The molecule has 1 heterocycles. The third-order valence-corrected chi connectivity index (χ3v) is 5.57. The van der Waals surface area contributed by atoms with Crippen molar-refractivity contribution in [1.82, 2.24) is 15.2 Å². The molecule has 0 saturated heterocycles. The number of nitro groups is 1. The van der Waals surface area contributed by atoms with Crippen molar-refractivity contribution in [1.29, 1.82) is 0 Å². The van der Waals surface area contributed by atoms with Crippen LogP contribution in [0.2, 0.25) is 0 Å². The fourth-order valence-electron chi connectivity index (χ4n) is 3.03. The van der Waals surface area contributed by atoms with Gasteiger partial charge >= 0.3 is 5.97 Å². The molecule has 3 aromatic carbocycles. The average molecular weight is 592 g/mol. The van der Waals surface area contributed by atoms with Gasteiger partial charge in [0, 0.05) is 29.2 Å². The molecule has 0 atom stereocenters. The number of phenols is 2. The minimum Gasteiger partial charge on any atom is -0.505 e. The molecule has 4 aromatic rings. The normalized spacial score (nSPS) is 11.7. The van der Waals surface area contributed by atoms with E-state index in [-0.39, 0.29) is 50.9 Å². The summed E-state index contributed by atoms with van der Waals surface area (Å²) in [5.74, 6) is -3.77. The fourth-order valence-corrected chi connectivity index (χ4v) is 3.69. The third-order valence-electron chi connectivity index (χ3n) is 4.70. The molecule has 17 nitrogen and oxygen atoms in total. The maximum atomic E-state index is 12.0. The largest absolute Gasteiger partial charge is 0.505 e. The number of H-pyrrole nitrogens is 1. The van der Waals surface area contributed by atoms with Gasteiger partial charge in [-0.25, -0.2) is 4.79 Å². The molecule has 1 radical (unpaired) electrons. The number of benzene rings is 3. The number of carboxylic acid groups (broad SMARTS) is 1. The first-order chi connectivity index (χ1) is 17.5. The maximum Gasteiger partial charge on any atom is 0.373 e. The van der Waals surface area contributed by atoms with Gasteiger partial charge in [0.2, 0.25) is 5.82 Å².